The lowest BCUT2D eigenvalue weighted by atomic mass is 9.85. The molecule has 1 aromatic heterocycles. The van der Waals surface area contributed by atoms with Crippen molar-refractivity contribution in [2.45, 2.75) is 24.9 Å². The van der Waals surface area contributed by atoms with E-state index in [2.05, 4.69) is 4.98 Å². The van der Waals surface area contributed by atoms with E-state index >= 15 is 0 Å². The van der Waals surface area contributed by atoms with E-state index in [4.69, 9.17) is 5.73 Å². The number of hydrogen-bond acceptors (Lipinski definition) is 3. The van der Waals surface area contributed by atoms with E-state index in [9.17, 15) is 5.11 Å². The molecular weight excluding hydrogens is 176 g/mol. The van der Waals surface area contributed by atoms with Crippen molar-refractivity contribution in [3.63, 3.8) is 0 Å². The first-order valence-corrected chi connectivity index (χ1v) is 4.82. The summed E-state index contributed by atoms with van der Waals surface area (Å²) in [7, 11) is 0. The van der Waals surface area contributed by atoms with Crippen molar-refractivity contribution in [1.82, 2.24) is 4.98 Å². The quantitative estimate of drug-likeness (QED) is 0.661. The normalized spacial score (nSPS) is 26.4. The fourth-order valence-corrected chi connectivity index (χ4v) is 1.84. The Morgan fingerprint density at radius 2 is 2.36 bits per heavy atom. The van der Waals surface area contributed by atoms with Crippen molar-refractivity contribution in [2.24, 2.45) is 0 Å². The first-order valence-electron chi connectivity index (χ1n) is 4.82. The molecule has 3 heteroatoms. The second-order valence-corrected chi connectivity index (χ2v) is 3.68. The van der Waals surface area contributed by atoms with Gasteiger partial charge in [-0.25, -0.2) is 0 Å². The number of aliphatic hydroxyl groups is 1. The molecule has 74 valence electrons. The van der Waals surface area contributed by atoms with Crippen LogP contribution in [0.1, 0.15) is 24.8 Å². The third-order valence-electron chi connectivity index (χ3n) is 2.64. The predicted molar refractivity (Wildman–Crippen MR) is 55.5 cm³/mol. The van der Waals surface area contributed by atoms with Gasteiger partial charge in [0.15, 0.2) is 0 Å². The van der Waals surface area contributed by atoms with Crippen molar-refractivity contribution in [1.29, 1.82) is 0 Å². The highest BCUT2D eigenvalue weighted by Crippen LogP contribution is 2.34. The average Bonchev–Trinajstić information content (AvgIpc) is 2.19. The van der Waals surface area contributed by atoms with E-state index in [1.807, 2.05) is 12.2 Å². The van der Waals surface area contributed by atoms with Crippen LogP contribution in [-0.2, 0) is 5.60 Å². The van der Waals surface area contributed by atoms with Gasteiger partial charge in [-0.2, -0.15) is 0 Å². The molecule has 1 aromatic rings. The monoisotopic (exact) mass is 190 g/mol. The van der Waals surface area contributed by atoms with E-state index in [0.717, 1.165) is 24.8 Å². The van der Waals surface area contributed by atoms with E-state index < -0.39 is 5.60 Å². The van der Waals surface area contributed by atoms with Crippen molar-refractivity contribution in [3.05, 3.63) is 36.2 Å². The van der Waals surface area contributed by atoms with Crippen LogP contribution in [0.15, 0.2) is 30.6 Å². The Hall–Kier alpha value is -1.35. The van der Waals surface area contributed by atoms with E-state index in [1.54, 1.807) is 18.5 Å². The number of hydrogen-bond donors (Lipinski definition) is 2. The number of nitrogens with two attached hydrogens (primary N) is 1. The molecule has 0 aliphatic heterocycles. The van der Waals surface area contributed by atoms with Gasteiger partial charge in [-0.15, -0.1) is 0 Å². The molecule has 1 unspecified atom stereocenters. The first-order chi connectivity index (χ1) is 6.72. The standard InChI is InChI=1S/C11H14N2O/c12-10-4-7-13-8-9(10)11(14)5-2-1-3-6-11/h2,4-5,7-8,14H,1,3,6H2,(H2,12,13). The molecule has 1 heterocycles. The number of aromatic nitrogens is 1. The van der Waals surface area contributed by atoms with Crippen LogP contribution in [0, 0.1) is 0 Å². The highest BCUT2D eigenvalue weighted by Gasteiger charge is 2.29. The molecule has 0 amide bonds. The minimum absolute atomic E-state index is 0.606. The van der Waals surface area contributed by atoms with Crippen LogP contribution in [0.5, 0.6) is 0 Å². The Morgan fingerprint density at radius 1 is 1.50 bits per heavy atom. The molecule has 1 aliphatic carbocycles. The number of pyridine rings is 1. The Kier molecular flexibility index (Phi) is 2.25. The van der Waals surface area contributed by atoms with Crippen LogP contribution in [0.4, 0.5) is 5.69 Å². The Labute approximate surface area is 83.3 Å². The minimum Gasteiger partial charge on any atom is -0.398 e. The van der Waals surface area contributed by atoms with Crippen LogP contribution in [0.25, 0.3) is 0 Å². The van der Waals surface area contributed by atoms with Crippen molar-refractivity contribution < 1.29 is 5.11 Å². The summed E-state index contributed by atoms with van der Waals surface area (Å²) in [4.78, 5) is 3.99. The first kappa shape index (κ1) is 9.21. The number of nitrogen functional groups attached to an aromatic ring is 1. The second-order valence-electron chi connectivity index (χ2n) is 3.68. The minimum atomic E-state index is -0.906. The zero-order valence-corrected chi connectivity index (χ0v) is 7.98. The molecule has 14 heavy (non-hydrogen) atoms. The molecule has 0 radical (unpaired) electrons. The molecule has 3 N–H and O–H groups in total. The number of nitrogens with zero attached hydrogens (tertiary/aromatic N) is 1. The maximum atomic E-state index is 10.3. The molecular formula is C11H14N2O. The summed E-state index contributed by atoms with van der Waals surface area (Å²) in [6, 6.07) is 1.72. The zero-order chi connectivity index (χ0) is 10.0. The van der Waals surface area contributed by atoms with Gasteiger partial charge in [0.05, 0.1) is 0 Å². The summed E-state index contributed by atoms with van der Waals surface area (Å²) in [5, 5.41) is 10.3. The molecule has 0 bridgehead atoms. The topological polar surface area (TPSA) is 59.1 Å². The van der Waals surface area contributed by atoms with Gasteiger partial charge in [0.1, 0.15) is 5.60 Å². The van der Waals surface area contributed by atoms with Crippen LogP contribution >= 0.6 is 0 Å². The molecule has 1 atom stereocenters. The van der Waals surface area contributed by atoms with Crippen LogP contribution < -0.4 is 5.73 Å². The van der Waals surface area contributed by atoms with Crippen LogP contribution in [0.2, 0.25) is 0 Å². The van der Waals surface area contributed by atoms with Gasteiger partial charge in [-0.3, -0.25) is 4.98 Å². The Balaban J connectivity index is 2.43. The maximum Gasteiger partial charge on any atom is 0.111 e. The average molecular weight is 190 g/mol. The summed E-state index contributed by atoms with van der Waals surface area (Å²) in [6.45, 7) is 0. The highest BCUT2D eigenvalue weighted by atomic mass is 16.3. The van der Waals surface area contributed by atoms with Gasteiger partial charge in [0, 0.05) is 23.6 Å². The maximum absolute atomic E-state index is 10.3. The predicted octanol–water partition coefficient (Wildman–Crippen LogP) is 1.59. The largest absolute Gasteiger partial charge is 0.398 e. The van der Waals surface area contributed by atoms with Crippen molar-refractivity contribution >= 4 is 5.69 Å². The summed E-state index contributed by atoms with van der Waals surface area (Å²) in [6.07, 6.45) is 9.84. The van der Waals surface area contributed by atoms with Gasteiger partial charge in [0.25, 0.3) is 0 Å². The van der Waals surface area contributed by atoms with Crippen LogP contribution in [-0.4, -0.2) is 10.1 Å². The number of allylic oxidation sites excluding steroid dienone is 1. The lowest BCUT2D eigenvalue weighted by Gasteiger charge is -2.28. The smallest absolute Gasteiger partial charge is 0.111 e. The molecule has 0 spiro atoms. The van der Waals surface area contributed by atoms with Gasteiger partial charge in [-0.1, -0.05) is 12.2 Å². The van der Waals surface area contributed by atoms with E-state index in [1.165, 1.54) is 0 Å². The Bertz CT molecular complexity index is 362. The SMILES string of the molecule is Nc1ccncc1C1(O)C=CCCC1. The number of anilines is 1. The summed E-state index contributed by atoms with van der Waals surface area (Å²) in [5.41, 5.74) is 6.22. The summed E-state index contributed by atoms with van der Waals surface area (Å²) >= 11 is 0. The Morgan fingerprint density at radius 3 is 3.00 bits per heavy atom. The molecule has 2 rings (SSSR count). The van der Waals surface area contributed by atoms with Gasteiger partial charge in [-0.05, 0) is 25.3 Å². The van der Waals surface area contributed by atoms with E-state index in [0.29, 0.717) is 5.69 Å². The fourth-order valence-electron chi connectivity index (χ4n) is 1.84. The zero-order valence-electron chi connectivity index (χ0n) is 7.98. The number of rotatable bonds is 1. The fraction of sp³-hybridized carbons (Fsp3) is 0.364. The second kappa shape index (κ2) is 3.42. The van der Waals surface area contributed by atoms with E-state index in [-0.39, 0.29) is 0 Å². The molecule has 1 aliphatic rings. The lowest BCUT2D eigenvalue weighted by molar-refractivity contribution is 0.0730. The lowest BCUT2D eigenvalue weighted by Crippen LogP contribution is -2.26. The molecule has 0 aromatic carbocycles. The molecule has 3 nitrogen and oxygen atoms in total. The van der Waals surface area contributed by atoms with Gasteiger partial charge < -0.3 is 10.8 Å². The van der Waals surface area contributed by atoms with Gasteiger partial charge >= 0.3 is 0 Å². The van der Waals surface area contributed by atoms with Crippen molar-refractivity contribution in [3.8, 4) is 0 Å². The molecule has 0 saturated heterocycles. The molecule has 0 fully saturated rings. The third-order valence-corrected chi connectivity index (χ3v) is 2.64. The van der Waals surface area contributed by atoms with Gasteiger partial charge in [0.2, 0.25) is 0 Å². The van der Waals surface area contributed by atoms with Crippen LogP contribution in [0.3, 0.4) is 0 Å². The van der Waals surface area contributed by atoms with Crippen molar-refractivity contribution in [2.75, 3.05) is 5.73 Å². The summed E-state index contributed by atoms with van der Waals surface area (Å²) in [5.74, 6) is 0. The third kappa shape index (κ3) is 1.51. The highest BCUT2D eigenvalue weighted by molar-refractivity contribution is 5.49. The molecule has 0 saturated carbocycles. The summed E-state index contributed by atoms with van der Waals surface area (Å²) < 4.78 is 0.